The molecule has 0 bridgehead atoms. The summed E-state index contributed by atoms with van der Waals surface area (Å²) in [5, 5.41) is 12.9. The second-order valence-electron chi connectivity index (χ2n) is 8.11. The average molecular weight is 462 g/mol. The van der Waals surface area contributed by atoms with Crippen molar-refractivity contribution >= 4 is 18.0 Å². The number of carbonyl (C=O) groups excluding carboxylic acids is 1. The third kappa shape index (κ3) is 7.13. The molecule has 0 saturated carbocycles. The number of carboxylic acids is 1. The summed E-state index contributed by atoms with van der Waals surface area (Å²) < 4.78 is 5.48. The number of rotatable bonds is 13. The molecular formula is C27H31N3O4. The molecule has 7 nitrogen and oxygen atoms in total. The second kappa shape index (κ2) is 13.1. The largest absolute Gasteiger partial charge is 0.481 e. The van der Waals surface area contributed by atoms with E-state index < -0.39 is 11.9 Å². The number of aromatic nitrogens is 2. The van der Waals surface area contributed by atoms with Crippen LogP contribution >= 0.6 is 0 Å². The van der Waals surface area contributed by atoms with Crippen LogP contribution in [0.3, 0.4) is 0 Å². The minimum absolute atomic E-state index is 0.192. The van der Waals surface area contributed by atoms with Crippen molar-refractivity contribution < 1.29 is 19.1 Å². The van der Waals surface area contributed by atoms with Crippen molar-refractivity contribution in [2.75, 3.05) is 6.54 Å². The lowest BCUT2D eigenvalue weighted by atomic mass is 9.88. The number of allylic oxidation sites excluding steroid dienone is 1. The zero-order valence-electron chi connectivity index (χ0n) is 19.4. The van der Waals surface area contributed by atoms with Gasteiger partial charge in [-0.25, -0.2) is 4.98 Å². The maximum atomic E-state index is 12.6. The Labute approximate surface area is 200 Å². The van der Waals surface area contributed by atoms with E-state index in [0.717, 1.165) is 31.2 Å². The molecule has 3 rings (SSSR count). The first-order chi connectivity index (χ1) is 16.6. The molecular weight excluding hydrogens is 430 g/mol. The molecule has 7 heteroatoms. The monoisotopic (exact) mass is 461 g/mol. The molecule has 1 unspecified atom stereocenters. The molecule has 1 aromatic carbocycles. The number of oxazole rings is 1. The number of amides is 1. The summed E-state index contributed by atoms with van der Waals surface area (Å²) in [6.45, 7) is 2.71. The first-order valence-electron chi connectivity index (χ1n) is 11.7. The molecule has 2 heterocycles. The zero-order valence-corrected chi connectivity index (χ0v) is 19.4. The number of hydrogen-bond donors (Lipinski definition) is 2. The van der Waals surface area contributed by atoms with Gasteiger partial charge in [0.1, 0.15) is 6.26 Å². The van der Waals surface area contributed by atoms with Gasteiger partial charge in [0.2, 0.25) is 5.89 Å². The molecule has 0 aliphatic carbocycles. The summed E-state index contributed by atoms with van der Waals surface area (Å²) in [5.74, 6) is -1.54. The topological polar surface area (TPSA) is 105 Å². The zero-order chi connectivity index (χ0) is 24.2. The minimum atomic E-state index is -0.916. The van der Waals surface area contributed by atoms with Crippen molar-refractivity contribution in [3.63, 3.8) is 0 Å². The van der Waals surface area contributed by atoms with Crippen molar-refractivity contribution in [1.82, 2.24) is 15.3 Å². The van der Waals surface area contributed by atoms with Crippen LogP contribution in [0.1, 0.15) is 72.9 Å². The van der Waals surface area contributed by atoms with Crippen molar-refractivity contribution in [3.05, 3.63) is 78.0 Å². The van der Waals surface area contributed by atoms with Crippen LogP contribution in [-0.2, 0) is 4.79 Å². The maximum absolute atomic E-state index is 12.6. The van der Waals surface area contributed by atoms with Crippen LogP contribution in [0, 0.1) is 0 Å². The highest BCUT2D eigenvalue weighted by Gasteiger charge is 2.25. The molecule has 0 spiro atoms. The lowest BCUT2D eigenvalue weighted by Gasteiger charge is -2.16. The van der Waals surface area contributed by atoms with E-state index in [9.17, 15) is 14.7 Å². The lowest BCUT2D eigenvalue weighted by molar-refractivity contribution is -0.139. The Morgan fingerprint density at radius 2 is 2.06 bits per heavy atom. The Balaban J connectivity index is 1.74. The van der Waals surface area contributed by atoms with E-state index in [0.29, 0.717) is 42.0 Å². The Bertz CT molecular complexity index is 1080. The normalized spacial score (nSPS) is 12.0. The number of nitrogens with zero attached hydrogens (tertiary/aromatic N) is 2. The molecule has 1 atom stereocenters. The third-order valence-electron chi connectivity index (χ3n) is 5.58. The fourth-order valence-corrected chi connectivity index (χ4v) is 3.77. The third-order valence-corrected chi connectivity index (χ3v) is 5.58. The summed E-state index contributed by atoms with van der Waals surface area (Å²) in [5.41, 5.74) is 2.59. The summed E-state index contributed by atoms with van der Waals surface area (Å²) in [4.78, 5) is 33.1. The number of carboxylic acid groups (broad SMARTS) is 1. The molecule has 0 aliphatic heterocycles. The van der Waals surface area contributed by atoms with E-state index in [4.69, 9.17) is 4.42 Å². The van der Waals surface area contributed by atoms with E-state index in [1.165, 1.54) is 12.5 Å². The summed E-state index contributed by atoms with van der Waals surface area (Å²) >= 11 is 0. The van der Waals surface area contributed by atoms with Gasteiger partial charge in [0.25, 0.3) is 5.91 Å². The standard InChI is InChI=1S/C27H31N3O4/c1-2-3-7-15-29-25(31)21-12-13-22(24(18-21)26-30-16-17-34-26)23(27(32)33)11-6-4-5-9-20-10-8-14-28-19-20/h5,8-10,12-14,16-19,23H,2-4,6-7,11,15H2,1H3,(H,29,31)(H,32,33). The Hall–Kier alpha value is -3.74. The molecule has 0 aliphatic rings. The van der Waals surface area contributed by atoms with Gasteiger partial charge in [-0.3, -0.25) is 14.6 Å². The van der Waals surface area contributed by atoms with Gasteiger partial charge in [0.15, 0.2) is 0 Å². The Morgan fingerprint density at radius 1 is 1.18 bits per heavy atom. The highest BCUT2D eigenvalue weighted by Crippen LogP contribution is 2.33. The van der Waals surface area contributed by atoms with Crippen LogP contribution < -0.4 is 5.32 Å². The van der Waals surface area contributed by atoms with Crippen LogP contribution in [0.5, 0.6) is 0 Å². The minimum Gasteiger partial charge on any atom is -0.481 e. The van der Waals surface area contributed by atoms with Gasteiger partial charge in [-0.05, 0) is 55.0 Å². The summed E-state index contributed by atoms with van der Waals surface area (Å²) in [7, 11) is 0. The van der Waals surface area contributed by atoms with Crippen molar-refractivity contribution in [3.8, 4) is 11.5 Å². The molecule has 34 heavy (non-hydrogen) atoms. The number of pyridine rings is 1. The molecule has 2 N–H and O–H groups in total. The first kappa shape index (κ1) is 24.9. The van der Waals surface area contributed by atoms with Gasteiger partial charge in [0.05, 0.1) is 12.1 Å². The van der Waals surface area contributed by atoms with Gasteiger partial charge < -0.3 is 14.8 Å². The number of hydrogen-bond acceptors (Lipinski definition) is 5. The van der Waals surface area contributed by atoms with Gasteiger partial charge in [-0.2, -0.15) is 0 Å². The summed E-state index contributed by atoms with van der Waals surface area (Å²) in [6, 6.07) is 8.90. The number of unbranched alkanes of at least 4 members (excludes halogenated alkanes) is 3. The predicted molar refractivity (Wildman–Crippen MR) is 131 cm³/mol. The number of benzene rings is 1. The van der Waals surface area contributed by atoms with Gasteiger partial charge in [0, 0.05) is 30.1 Å². The van der Waals surface area contributed by atoms with Crippen LogP contribution in [0.2, 0.25) is 0 Å². The highest BCUT2D eigenvalue weighted by atomic mass is 16.4. The fourth-order valence-electron chi connectivity index (χ4n) is 3.77. The molecule has 0 saturated heterocycles. The highest BCUT2D eigenvalue weighted by molar-refractivity contribution is 5.96. The van der Waals surface area contributed by atoms with Gasteiger partial charge >= 0.3 is 5.97 Å². The quantitative estimate of drug-likeness (QED) is 0.316. The SMILES string of the molecule is CCCCCNC(=O)c1ccc(C(CCCC=Cc2cccnc2)C(=O)O)c(-c2ncco2)c1. The average Bonchev–Trinajstić information content (AvgIpc) is 3.39. The van der Waals surface area contributed by atoms with Crippen LogP contribution in [-0.4, -0.2) is 33.5 Å². The van der Waals surface area contributed by atoms with Gasteiger partial charge in [-0.15, -0.1) is 0 Å². The number of carbonyl (C=O) groups is 2. The van der Waals surface area contributed by atoms with Crippen molar-refractivity contribution in [2.24, 2.45) is 0 Å². The lowest BCUT2D eigenvalue weighted by Crippen LogP contribution is -2.24. The van der Waals surface area contributed by atoms with E-state index >= 15 is 0 Å². The van der Waals surface area contributed by atoms with E-state index in [-0.39, 0.29) is 5.91 Å². The van der Waals surface area contributed by atoms with Crippen LogP contribution in [0.4, 0.5) is 0 Å². The first-order valence-corrected chi connectivity index (χ1v) is 11.7. The van der Waals surface area contributed by atoms with Crippen molar-refractivity contribution in [1.29, 1.82) is 0 Å². The number of aliphatic carboxylic acids is 1. The molecule has 178 valence electrons. The molecule has 2 aromatic heterocycles. The molecule has 0 fully saturated rings. The maximum Gasteiger partial charge on any atom is 0.310 e. The predicted octanol–water partition coefficient (Wildman–Crippen LogP) is 5.71. The summed E-state index contributed by atoms with van der Waals surface area (Å²) in [6.07, 6.45) is 15.4. The molecule has 1 amide bonds. The van der Waals surface area contributed by atoms with E-state index in [1.807, 2.05) is 24.3 Å². The smallest absolute Gasteiger partial charge is 0.310 e. The van der Waals surface area contributed by atoms with Gasteiger partial charge in [-0.1, -0.05) is 44.1 Å². The number of nitrogens with one attached hydrogen (secondary N) is 1. The molecule has 3 aromatic rings. The fraction of sp³-hybridized carbons (Fsp3) is 0.333. The second-order valence-corrected chi connectivity index (χ2v) is 8.11. The van der Waals surface area contributed by atoms with E-state index in [1.54, 1.807) is 30.6 Å². The van der Waals surface area contributed by atoms with Crippen LogP contribution in [0.25, 0.3) is 17.5 Å². The Morgan fingerprint density at radius 3 is 2.76 bits per heavy atom. The van der Waals surface area contributed by atoms with E-state index in [2.05, 4.69) is 22.2 Å². The van der Waals surface area contributed by atoms with Crippen molar-refractivity contribution in [2.45, 2.75) is 51.4 Å². The molecule has 0 radical (unpaired) electrons. The van der Waals surface area contributed by atoms with Crippen LogP contribution in [0.15, 0.2) is 65.7 Å². The Kier molecular flexibility index (Phi) is 9.58.